The fourth-order valence-electron chi connectivity index (χ4n) is 3.20. The number of thioether (sulfide) groups is 1. The van der Waals surface area contributed by atoms with Gasteiger partial charge in [-0.3, -0.25) is 14.3 Å². The topological polar surface area (TPSA) is 177 Å². The van der Waals surface area contributed by atoms with Crippen LogP contribution in [0.15, 0.2) is 15.5 Å². The third-order valence-corrected chi connectivity index (χ3v) is 8.18. The minimum absolute atomic E-state index is 0. The Labute approximate surface area is 232 Å². The van der Waals surface area contributed by atoms with Crippen LogP contribution in [0.4, 0.5) is 5.13 Å². The number of thiocarbonyl (C=S) groups is 1. The summed E-state index contributed by atoms with van der Waals surface area (Å²) in [4.78, 5) is 29.0. The molecule has 3 N–H and O–H groups in total. The average Bonchev–Trinajstić information content (AvgIpc) is 3.17. The molecular weight excluding hydrogens is 537 g/mol. The number of aliphatic imine (C=N–C) groups is 1. The third kappa shape index (κ3) is 6.79. The van der Waals surface area contributed by atoms with Crippen LogP contribution in [0, 0.1) is 0 Å². The van der Waals surface area contributed by atoms with E-state index in [0.717, 1.165) is 36.2 Å². The molecule has 1 aromatic heterocycles. The fraction of sp³-hybridized carbons (Fsp3) is 0.562. The Balaban J connectivity index is 0.00000408. The van der Waals surface area contributed by atoms with E-state index in [9.17, 15) is 22.9 Å². The quantitative estimate of drug-likeness (QED) is 0.0623. The summed E-state index contributed by atoms with van der Waals surface area (Å²) in [5.41, 5.74) is 5.41. The summed E-state index contributed by atoms with van der Waals surface area (Å²) in [5, 5.41) is 18.0. The van der Waals surface area contributed by atoms with E-state index in [1.807, 2.05) is 11.9 Å². The van der Waals surface area contributed by atoms with Crippen LogP contribution in [-0.2, 0) is 19.9 Å². The monoisotopic (exact) mass is 559 g/mol. The molecule has 1 amide bonds. The summed E-state index contributed by atoms with van der Waals surface area (Å²) in [6.07, 6.45) is 0. The number of anilines is 1. The van der Waals surface area contributed by atoms with Gasteiger partial charge < -0.3 is 25.5 Å². The van der Waals surface area contributed by atoms with Crippen molar-refractivity contribution in [3.8, 4) is 0 Å². The van der Waals surface area contributed by atoms with Gasteiger partial charge in [0.2, 0.25) is 0 Å². The van der Waals surface area contributed by atoms with E-state index >= 15 is 0 Å². The molecule has 2 aliphatic rings. The third-order valence-electron chi connectivity index (χ3n) is 4.93. The van der Waals surface area contributed by atoms with Gasteiger partial charge in [0.05, 0.1) is 6.04 Å². The van der Waals surface area contributed by atoms with Crippen molar-refractivity contribution in [3.05, 3.63) is 11.1 Å². The molecule has 13 nitrogen and oxygen atoms in total. The second-order valence-electron chi connectivity index (χ2n) is 7.12. The second kappa shape index (κ2) is 12.3. The Morgan fingerprint density at radius 2 is 2.09 bits per heavy atom. The van der Waals surface area contributed by atoms with Crippen molar-refractivity contribution in [2.24, 2.45) is 10.1 Å². The van der Waals surface area contributed by atoms with E-state index < -0.39 is 34.2 Å². The second-order valence-corrected chi connectivity index (χ2v) is 11.0. The van der Waals surface area contributed by atoms with E-state index in [2.05, 4.69) is 24.9 Å². The SMILES string of the molecule is CO/N=C(\C([O-])=N[C@@H]1C(=O)N(S(=O)(=O)O)[C@@H]1CSC(=S)N1CCN(C)CC1)c1csc(N)n1.[Na+]. The van der Waals surface area contributed by atoms with Crippen LogP contribution in [0.5, 0.6) is 0 Å². The number of piperazine rings is 1. The van der Waals surface area contributed by atoms with Crippen molar-refractivity contribution in [2.75, 3.05) is 51.8 Å². The number of carbonyl (C=O) groups is 1. The number of nitrogens with zero attached hydrogens (tertiary/aromatic N) is 6. The maximum Gasteiger partial charge on any atom is 1.00 e. The fourth-order valence-corrected chi connectivity index (χ4v) is 6.10. The normalized spacial score (nSPS) is 22.3. The minimum atomic E-state index is -4.84. The smallest absolute Gasteiger partial charge is 0.857 e. The van der Waals surface area contributed by atoms with Crippen molar-refractivity contribution in [1.82, 2.24) is 19.1 Å². The molecule has 2 atom stereocenters. The molecule has 2 fully saturated rings. The molecule has 18 heteroatoms. The molecule has 0 saturated carbocycles. The maximum absolute atomic E-state index is 12.7. The summed E-state index contributed by atoms with van der Waals surface area (Å²) in [7, 11) is -1.62. The number of likely N-dealkylation sites (N-methyl/N-ethyl adjacent to an activating group) is 1. The van der Waals surface area contributed by atoms with Gasteiger partial charge in [0, 0.05) is 43.2 Å². The molecule has 3 rings (SSSR count). The maximum atomic E-state index is 12.7. The number of rotatable bonds is 7. The summed E-state index contributed by atoms with van der Waals surface area (Å²) in [6.45, 7) is 3.09. The van der Waals surface area contributed by atoms with Crippen molar-refractivity contribution in [1.29, 1.82) is 0 Å². The Morgan fingerprint density at radius 3 is 2.62 bits per heavy atom. The Bertz CT molecular complexity index is 1070. The van der Waals surface area contributed by atoms with Crippen LogP contribution >= 0.6 is 35.3 Å². The number of aromatic nitrogens is 1. The van der Waals surface area contributed by atoms with Crippen LogP contribution in [-0.4, -0.2) is 112 Å². The molecule has 0 radical (unpaired) electrons. The number of hydrogen-bond acceptors (Lipinski definition) is 13. The predicted octanol–water partition coefficient (Wildman–Crippen LogP) is -4.51. The van der Waals surface area contributed by atoms with Gasteiger partial charge in [0.25, 0.3) is 5.91 Å². The molecule has 0 aliphatic carbocycles. The minimum Gasteiger partial charge on any atom is -0.857 e. The van der Waals surface area contributed by atoms with Crippen LogP contribution < -0.4 is 40.4 Å². The number of nitrogen functional groups attached to an aromatic ring is 1. The zero-order valence-electron chi connectivity index (χ0n) is 18.6. The molecule has 0 spiro atoms. The van der Waals surface area contributed by atoms with Crippen LogP contribution in [0.3, 0.4) is 0 Å². The summed E-state index contributed by atoms with van der Waals surface area (Å²) < 4.78 is 33.7. The molecule has 2 saturated heterocycles. The van der Waals surface area contributed by atoms with Crippen LogP contribution in [0.2, 0.25) is 0 Å². The van der Waals surface area contributed by atoms with E-state index in [4.69, 9.17) is 18.0 Å². The summed E-state index contributed by atoms with van der Waals surface area (Å²) >= 11 is 7.66. The largest absolute Gasteiger partial charge is 1.00 e. The molecule has 1 aromatic rings. The van der Waals surface area contributed by atoms with Crippen molar-refractivity contribution in [2.45, 2.75) is 12.1 Å². The zero-order chi connectivity index (χ0) is 24.3. The van der Waals surface area contributed by atoms with E-state index in [-0.39, 0.29) is 51.8 Å². The van der Waals surface area contributed by atoms with Crippen molar-refractivity contribution < 1.29 is 57.3 Å². The van der Waals surface area contributed by atoms with Gasteiger partial charge in [-0.05, 0) is 7.05 Å². The average molecular weight is 560 g/mol. The van der Waals surface area contributed by atoms with Gasteiger partial charge in [-0.2, -0.15) is 8.42 Å². The number of thiazole rings is 1. The first-order valence-corrected chi connectivity index (χ1v) is 13.2. The van der Waals surface area contributed by atoms with E-state index in [1.54, 1.807) is 0 Å². The Kier molecular flexibility index (Phi) is 10.5. The van der Waals surface area contributed by atoms with Crippen LogP contribution in [0.25, 0.3) is 0 Å². The van der Waals surface area contributed by atoms with Gasteiger partial charge in [-0.1, -0.05) is 29.1 Å². The molecule has 182 valence electrons. The van der Waals surface area contributed by atoms with Crippen molar-refractivity contribution in [3.63, 3.8) is 0 Å². The van der Waals surface area contributed by atoms with E-state index in [1.165, 1.54) is 12.5 Å². The van der Waals surface area contributed by atoms with Gasteiger partial charge >= 0.3 is 39.9 Å². The molecule has 2 aliphatic heterocycles. The Morgan fingerprint density at radius 1 is 1.44 bits per heavy atom. The number of amides is 1. The molecule has 0 bridgehead atoms. The molecule has 3 heterocycles. The first-order valence-electron chi connectivity index (χ1n) is 9.51. The van der Waals surface area contributed by atoms with Crippen molar-refractivity contribution >= 4 is 72.6 Å². The standard InChI is InChI=1S/C16H23N7O6S4.Na/c1-21-3-5-22(6-4-21)16(30)32-8-10-12(14(25)23(10)33(26,27)28)19-13(24)11(20-29-2)9-7-31-15(17)18-9;/h7,10,12H,3-6,8H2,1-2H3,(H2,17,18)(H,19,24)(H,26,27,28);/q;+1/p-1/b20-11-;/t10-,12+;/m1./s1. The number of hydrogen-bond donors (Lipinski definition) is 2. The Hall–Kier alpha value is -1.05. The number of β-lactam (4-membered cyclic amide) rings is 1. The van der Waals surface area contributed by atoms with Gasteiger partial charge in [0.15, 0.2) is 11.2 Å². The number of carbonyl (C=O) groups excluding carboxylic acids is 1. The predicted molar refractivity (Wildman–Crippen MR) is 128 cm³/mol. The zero-order valence-corrected chi connectivity index (χ0v) is 23.9. The van der Waals surface area contributed by atoms with Gasteiger partial charge in [0.1, 0.15) is 22.8 Å². The van der Waals surface area contributed by atoms with Crippen LogP contribution in [0.1, 0.15) is 5.69 Å². The number of nitrogens with two attached hydrogens (primary N) is 1. The summed E-state index contributed by atoms with van der Waals surface area (Å²) in [5.74, 6) is -1.96. The molecule has 0 aromatic carbocycles. The van der Waals surface area contributed by atoms with Gasteiger partial charge in [-0.15, -0.1) is 11.3 Å². The molecule has 34 heavy (non-hydrogen) atoms. The van der Waals surface area contributed by atoms with Gasteiger partial charge in [-0.25, -0.2) is 9.29 Å². The number of oxime groups is 1. The molecular formula is C16H22N7NaO6S4. The summed E-state index contributed by atoms with van der Waals surface area (Å²) in [6, 6.07) is -2.45. The molecule has 0 unspecified atom stereocenters. The van der Waals surface area contributed by atoms with E-state index in [0.29, 0.717) is 21.7 Å². The first-order chi connectivity index (χ1) is 15.5. The first kappa shape index (κ1) is 29.2.